The Morgan fingerprint density at radius 2 is 1.75 bits per heavy atom. The molecule has 0 aliphatic carbocycles. The Morgan fingerprint density at radius 3 is 2.50 bits per heavy atom. The van der Waals surface area contributed by atoms with Gasteiger partial charge in [-0.15, -0.1) is 0 Å². The van der Waals surface area contributed by atoms with Gasteiger partial charge in [0.1, 0.15) is 11.5 Å². The van der Waals surface area contributed by atoms with Crippen molar-refractivity contribution < 1.29 is 19.4 Å². The average molecular weight is 481 g/mol. The summed E-state index contributed by atoms with van der Waals surface area (Å²) in [5, 5.41) is 12.4. The van der Waals surface area contributed by atoms with Crippen LogP contribution in [0.4, 0.5) is 5.69 Å². The Kier molecular flexibility index (Phi) is 5.88. The van der Waals surface area contributed by atoms with Gasteiger partial charge in [-0.2, -0.15) is 0 Å². The van der Waals surface area contributed by atoms with Gasteiger partial charge in [0.2, 0.25) is 0 Å². The number of aromatic amines is 1. The summed E-state index contributed by atoms with van der Waals surface area (Å²) in [6, 6.07) is 19.6. The number of rotatable bonds is 5. The number of H-pyrrole nitrogens is 1. The van der Waals surface area contributed by atoms with Gasteiger partial charge in [-0.3, -0.25) is 14.5 Å². The number of hydrogen-bond acceptors (Lipinski definition) is 4. The average Bonchev–Trinajstić information content (AvgIpc) is 3.33. The number of aromatic nitrogens is 1. The van der Waals surface area contributed by atoms with Crippen molar-refractivity contribution in [1.82, 2.24) is 4.98 Å². The number of anilines is 1. The van der Waals surface area contributed by atoms with Crippen molar-refractivity contribution in [1.29, 1.82) is 0 Å². The summed E-state index contributed by atoms with van der Waals surface area (Å²) in [5.74, 6) is -1.04. The van der Waals surface area contributed by atoms with Crippen molar-refractivity contribution in [2.24, 2.45) is 0 Å². The van der Waals surface area contributed by atoms with Gasteiger partial charge in [0.15, 0.2) is 0 Å². The molecule has 1 saturated heterocycles. The molecule has 1 unspecified atom stereocenters. The number of nitrogens with one attached hydrogen (secondary N) is 1. The molecular weight excluding hydrogens is 452 g/mol. The van der Waals surface area contributed by atoms with Crippen LogP contribution in [0.15, 0.2) is 72.3 Å². The lowest BCUT2D eigenvalue weighted by atomic mass is 9.93. The molecule has 0 radical (unpaired) electrons. The monoisotopic (exact) mass is 480 g/mol. The van der Waals surface area contributed by atoms with Crippen LogP contribution in [-0.2, 0) is 9.59 Å². The first-order chi connectivity index (χ1) is 17.3. The molecule has 3 aromatic carbocycles. The van der Waals surface area contributed by atoms with Crippen LogP contribution in [0.3, 0.4) is 0 Å². The maximum atomic E-state index is 13.6. The Bertz CT molecular complexity index is 1550. The third-order valence-electron chi connectivity index (χ3n) is 6.85. The van der Waals surface area contributed by atoms with E-state index in [4.69, 9.17) is 4.74 Å². The summed E-state index contributed by atoms with van der Waals surface area (Å²) in [4.78, 5) is 32.0. The van der Waals surface area contributed by atoms with E-state index in [1.807, 2.05) is 70.2 Å². The second-order valence-electron chi connectivity index (χ2n) is 9.11. The molecule has 4 aromatic rings. The van der Waals surface area contributed by atoms with Gasteiger partial charge in [0, 0.05) is 33.4 Å². The van der Waals surface area contributed by atoms with Gasteiger partial charge in [0.05, 0.1) is 18.2 Å². The Labute approximate surface area is 209 Å². The summed E-state index contributed by atoms with van der Waals surface area (Å²) in [7, 11) is 0. The van der Waals surface area contributed by atoms with Crippen LogP contribution in [0, 0.1) is 20.8 Å². The minimum absolute atomic E-state index is 0.0553. The number of para-hydroxylation sites is 1. The van der Waals surface area contributed by atoms with Gasteiger partial charge < -0.3 is 14.8 Å². The van der Waals surface area contributed by atoms with Crippen LogP contribution in [0.2, 0.25) is 0 Å². The van der Waals surface area contributed by atoms with Crippen molar-refractivity contribution in [3.05, 3.63) is 100 Å². The SMILES string of the molecule is CCOc1cccc(/C(O)=C2\C(=O)C(=O)N(c3ccc(C)c(C)c3)C2c2c(C)[nH]c3ccccc23)c1. The number of aliphatic hydroxyl groups is 1. The number of benzene rings is 3. The van der Waals surface area contributed by atoms with Crippen LogP contribution in [0.25, 0.3) is 16.7 Å². The van der Waals surface area contributed by atoms with E-state index in [1.54, 1.807) is 24.3 Å². The lowest BCUT2D eigenvalue weighted by Crippen LogP contribution is -2.29. The standard InChI is InChI=1S/C30H28N2O4/c1-5-36-22-10-8-9-20(16-22)28(33)26-27(25-19(4)31-24-12-7-6-11-23(24)25)32(30(35)29(26)34)21-14-13-17(2)18(3)15-21/h6-16,27,31,33H,5H2,1-4H3/b28-26+. The fourth-order valence-corrected chi connectivity index (χ4v) is 4.95. The molecule has 0 spiro atoms. The zero-order valence-corrected chi connectivity index (χ0v) is 20.8. The van der Waals surface area contributed by atoms with Crippen molar-refractivity contribution in [2.75, 3.05) is 11.5 Å². The minimum atomic E-state index is -0.806. The molecule has 1 aliphatic heterocycles. The normalized spacial score (nSPS) is 17.2. The molecule has 2 heterocycles. The number of fused-ring (bicyclic) bond motifs is 1. The summed E-state index contributed by atoms with van der Waals surface area (Å²) in [5.41, 5.74) is 5.68. The molecule has 36 heavy (non-hydrogen) atoms. The van der Waals surface area contributed by atoms with Crippen LogP contribution < -0.4 is 9.64 Å². The molecule has 5 rings (SSSR count). The first kappa shape index (κ1) is 23.4. The Hall–Kier alpha value is -4.32. The van der Waals surface area contributed by atoms with Gasteiger partial charge >= 0.3 is 0 Å². The number of aliphatic hydroxyl groups excluding tert-OH is 1. The van der Waals surface area contributed by atoms with E-state index in [0.29, 0.717) is 23.6 Å². The summed E-state index contributed by atoms with van der Waals surface area (Å²) < 4.78 is 5.60. The largest absolute Gasteiger partial charge is 0.507 e. The van der Waals surface area contributed by atoms with Gasteiger partial charge in [-0.05, 0) is 69.2 Å². The first-order valence-corrected chi connectivity index (χ1v) is 12.0. The highest BCUT2D eigenvalue weighted by atomic mass is 16.5. The van der Waals surface area contributed by atoms with Gasteiger partial charge in [-0.1, -0.05) is 36.4 Å². The number of amides is 1. The molecule has 1 amide bonds. The number of Topliss-reactive ketones (excluding diaryl/α,β-unsaturated/α-hetero) is 1. The van der Waals surface area contributed by atoms with E-state index in [1.165, 1.54) is 4.90 Å². The van der Waals surface area contributed by atoms with E-state index < -0.39 is 17.7 Å². The maximum absolute atomic E-state index is 13.6. The highest BCUT2D eigenvalue weighted by Gasteiger charge is 2.48. The van der Waals surface area contributed by atoms with E-state index in [2.05, 4.69) is 4.98 Å². The lowest BCUT2D eigenvalue weighted by molar-refractivity contribution is -0.132. The second kappa shape index (κ2) is 9.04. The van der Waals surface area contributed by atoms with Gasteiger partial charge in [-0.25, -0.2) is 0 Å². The smallest absolute Gasteiger partial charge is 0.300 e. The van der Waals surface area contributed by atoms with E-state index in [9.17, 15) is 14.7 Å². The Morgan fingerprint density at radius 1 is 0.972 bits per heavy atom. The van der Waals surface area contributed by atoms with Crippen LogP contribution in [-0.4, -0.2) is 28.4 Å². The Balaban J connectivity index is 1.79. The number of hydrogen-bond donors (Lipinski definition) is 2. The van der Waals surface area contributed by atoms with Crippen molar-refractivity contribution in [3.63, 3.8) is 0 Å². The van der Waals surface area contributed by atoms with Crippen LogP contribution in [0.1, 0.15) is 40.9 Å². The predicted molar refractivity (Wildman–Crippen MR) is 141 cm³/mol. The van der Waals surface area contributed by atoms with Gasteiger partial charge in [0.25, 0.3) is 11.7 Å². The number of nitrogens with zero attached hydrogens (tertiary/aromatic N) is 1. The molecule has 1 atom stereocenters. The number of aryl methyl sites for hydroxylation is 3. The zero-order valence-electron chi connectivity index (χ0n) is 20.8. The minimum Gasteiger partial charge on any atom is -0.507 e. The second-order valence-corrected chi connectivity index (χ2v) is 9.11. The molecule has 0 bridgehead atoms. The zero-order chi connectivity index (χ0) is 25.6. The summed E-state index contributed by atoms with van der Waals surface area (Å²) in [6.45, 7) is 8.24. The molecule has 182 valence electrons. The third kappa shape index (κ3) is 3.75. The summed E-state index contributed by atoms with van der Waals surface area (Å²) in [6.07, 6.45) is 0. The lowest BCUT2D eigenvalue weighted by Gasteiger charge is -2.26. The summed E-state index contributed by atoms with van der Waals surface area (Å²) >= 11 is 0. The number of ketones is 1. The van der Waals surface area contributed by atoms with Crippen molar-refractivity contribution in [2.45, 2.75) is 33.7 Å². The molecule has 6 nitrogen and oxygen atoms in total. The molecule has 1 aromatic heterocycles. The van der Waals surface area contributed by atoms with Crippen molar-refractivity contribution >= 4 is 34.0 Å². The van der Waals surface area contributed by atoms with Crippen molar-refractivity contribution in [3.8, 4) is 5.75 Å². The number of ether oxygens (including phenoxy) is 1. The highest BCUT2D eigenvalue weighted by molar-refractivity contribution is 6.52. The molecule has 2 N–H and O–H groups in total. The molecule has 6 heteroatoms. The maximum Gasteiger partial charge on any atom is 0.300 e. The predicted octanol–water partition coefficient (Wildman–Crippen LogP) is 6.12. The first-order valence-electron chi connectivity index (χ1n) is 12.0. The fraction of sp³-hybridized carbons (Fsp3) is 0.200. The number of carbonyl (C=O) groups is 2. The highest BCUT2D eigenvalue weighted by Crippen LogP contribution is 2.45. The molecular formula is C30H28N2O4. The quantitative estimate of drug-likeness (QED) is 0.205. The topological polar surface area (TPSA) is 82.6 Å². The third-order valence-corrected chi connectivity index (χ3v) is 6.85. The molecule has 0 saturated carbocycles. The number of carbonyl (C=O) groups excluding carboxylic acids is 2. The van der Waals surface area contributed by atoms with Crippen LogP contribution >= 0.6 is 0 Å². The fourth-order valence-electron chi connectivity index (χ4n) is 4.95. The molecule has 1 fully saturated rings. The van der Waals surface area contributed by atoms with E-state index in [-0.39, 0.29) is 11.3 Å². The van der Waals surface area contributed by atoms with E-state index >= 15 is 0 Å². The van der Waals surface area contributed by atoms with E-state index in [0.717, 1.165) is 33.3 Å². The molecule has 1 aliphatic rings. The van der Waals surface area contributed by atoms with Crippen LogP contribution in [0.5, 0.6) is 5.75 Å².